The van der Waals surface area contributed by atoms with Gasteiger partial charge in [-0.05, 0) is 31.2 Å². The lowest BCUT2D eigenvalue weighted by molar-refractivity contribution is -0.119. The fourth-order valence-electron chi connectivity index (χ4n) is 3.00. The van der Waals surface area contributed by atoms with Crippen LogP contribution in [0.4, 0.5) is 5.13 Å². The summed E-state index contributed by atoms with van der Waals surface area (Å²) >= 11 is 2.94. The van der Waals surface area contributed by atoms with Gasteiger partial charge in [-0.1, -0.05) is 30.3 Å². The van der Waals surface area contributed by atoms with Gasteiger partial charge in [0.25, 0.3) is 5.91 Å². The van der Waals surface area contributed by atoms with E-state index in [9.17, 15) is 9.59 Å². The van der Waals surface area contributed by atoms with Crippen molar-refractivity contribution in [2.75, 3.05) is 5.32 Å². The summed E-state index contributed by atoms with van der Waals surface area (Å²) in [5.41, 5.74) is 3.82. The molecule has 3 heterocycles. The molecule has 4 aromatic rings. The summed E-state index contributed by atoms with van der Waals surface area (Å²) in [5.74, 6) is -0.293. The topological polar surface area (TPSA) is 84.0 Å². The van der Waals surface area contributed by atoms with Gasteiger partial charge >= 0.3 is 0 Å². The second-order valence-electron chi connectivity index (χ2n) is 6.86. The van der Waals surface area contributed by atoms with E-state index in [1.807, 2.05) is 60.8 Å². The number of aromatic nitrogens is 2. The Morgan fingerprint density at radius 2 is 1.77 bits per heavy atom. The molecule has 31 heavy (non-hydrogen) atoms. The number of pyridine rings is 1. The van der Waals surface area contributed by atoms with Gasteiger partial charge in [0.2, 0.25) is 5.91 Å². The molecule has 0 aliphatic rings. The highest BCUT2D eigenvalue weighted by Gasteiger charge is 2.15. The molecular formula is C23H20N4O2S2. The molecule has 8 heteroatoms. The van der Waals surface area contributed by atoms with Crippen molar-refractivity contribution in [3.63, 3.8) is 0 Å². The SMILES string of the molecule is CC(=O)NCc1ccc(-c2csc(NC(=O)c3ccc(-c4ccccc4)nc3C)n2)s1. The maximum Gasteiger partial charge on any atom is 0.259 e. The second kappa shape index (κ2) is 9.20. The largest absolute Gasteiger partial charge is 0.351 e. The number of carbonyl (C=O) groups excluding carboxylic acids is 2. The van der Waals surface area contributed by atoms with Gasteiger partial charge in [-0.15, -0.1) is 22.7 Å². The predicted octanol–water partition coefficient (Wildman–Crippen LogP) is 5.13. The number of aryl methyl sites for hydroxylation is 1. The number of benzene rings is 1. The maximum absolute atomic E-state index is 12.8. The van der Waals surface area contributed by atoms with Gasteiger partial charge < -0.3 is 5.32 Å². The zero-order valence-electron chi connectivity index (χ0n) is 17.0. The first-order valence-corrected chi connectivity index (χ1v) is 11.3. The monoisotopic (exact) mass is 448 g/mol. The Morgan fingerprint density at radius 1 is 0.968 bits per heavy atom. The number of carbonyl (C=O) groups is 2. The normalized spacial score (nSPS) is 10.6. The summed E-state index contributed by atoms with van der Waals surface area (Å²) in [6.45, 7) is 3.83. The van der Waals surface area contributed by atoms with Crippen molar-refractivity contribution in [1.29, 1.82) is 0 Å². The lowest BCUT2D eigenvalue weighted by Gasteiger charge is -2.07. The molecule has 0 unspecified atom stereocenters. The van der Waals surface area contributed by atoms with E-state index >= 15 is 0 Å². The van der Waals surface area contributed by atoms with Crippen molar-refractivity contribution < 1.29 is 9.59 Å². The Labute approximate surface area is 188 Å². The Hall–Kier alpha value is -3.36. The number of thiazole rings is 1. The van der Waals surface area contributed by atoms with E-state index in [-0.39, 0.29) is 11.8 Å². The quantitative estimate of drug-likeness (QED) is 0.428. The smallest absolute Gasteiger partial charge is 0.259 e. The van der Waals surface area contributed by atoms with Gasteiger partial charge in [0.15, 0.2) is 5.13 Å². The molecule has 0 spiro atoms. The molecule has 2 amide bonds. The first-order valence-electron chi connectivity index (χ1n) is 9.63. The second-order valence-corrected chi connectivity index (χ2v) is 8.89. The number of nitrogens with one attached hydrogen (secondary N) is 2. The van der Waals surface area contributed by atoms with Crippen molar-refractivity contribution in [3.05, 3.63) is 76.1 Å². The number of hydrogen-bond acceptors (Lipinski definition) is 6. The van der Waals surface area contributed by atoms with Crippen molar-refractivity contribution in [2.45, 2.75) is 20.4 Å². The number of hydrogen-bond donors (Lipinski definition) is 2. The van der Waals surface area contributed by atoms with E-state index in [0.29, 0.717) is 22.9 Å². The van der Waals surface area contributed by atoms with Crippen molar-refractivity contribution in [3.8, 4) is 21.8 Å². The van der Waals surface area contributed by atoms with E-state index in [2.05, 4.69) is 20.6 Å². The molecule has 1 aromatic carbocycles. The molecule has 4 rings (SSSR count). The van der Waals surface area contributed by atoms with Crippen LogP contribution in [0.25, 0.3) is 21.8 Å². The van der Waals surface area contributed by atoms with Crippen LogP contribution in [0, 0.1) is 6.92 Å². The summed E-state index contributed by atoms with van der Waals surface area (Å²) in [5, 5.41) is 8.10. The summed E-state index contributed by atoms with van der Waals surface area (Å²) in [6, 6.07) is 17.5. The van der Waals surface area contributed by atoms with Crippen LogP contribution in [0.1, 0.15) is 27.9 Å². The Bertz CT molecular complexity index is 1230. The van der Waals surface area contributed by atoms with Crippen LogP contribution in [0.5, 0.6) is 0 Å². The third-order valence-corrected chi connectivity index (χ3v) is 6.42. The average Bonchev–Trinajstić information content (AvgIpc) is 3.42. The van der Waals surface area contributed by atoms with Gasteiger partial charge in [0, 0.05) is 22.7 Å². The first-order chi connectivity index (χ1) is 15.0. The highest BCUT2D eigenvalue weighted by molar-refractivity contribution is 7.17. The predicted molar refractivity (Wildman–Crippen MR) is 125 cm³/mol. The molecule has 2 N–H and O–H groups in total. The number of anilines is 1. The molecule has 0 saturated heterocycles. The average molecular weight is 449 g/mol. The standard InChI is InChI=1S/C23H20N4O2S2/c1-14-18(9-10-19(25-14)16-6-4-3-5-7-16)22(29)27-23-26-20(13-30-23)21-11-8-17(31-21)12-24-15(2)28/h3-11,13H,12H2,1-2H3,(H,24,28)(H,26,27,29). The highest BCUT2D eigenvalue weighted by Crippen LogP contribution is 2.31. The molecular weight excluding hydrogens is 428 g/mol. The van der Waals surface area contributed by atoms with Gasteiger partial charge in [-0.2, -0.15) is 0 Å². The zero-order chi connectivity index (χ0) is 21.8. The van der Waals surface area contributed by atoms with Crippen LogP contribution in [-0.4, -0.2) is 21.8 Å². The first kappa shape index (κ1) is 20.9. The minimum atomic E-state index is -0.233. The Morgan fingerprint density at radius 3 is 2.52 bits per heavy atom. The molecule has 156 valence electrons. The highest BCUT2D eigenvalue weighted by atomic mass is 32.1. The summed E-state index contributed by atoms with van der Waals surface area (Å²) in [7, 11) is 0. The van der Waals surface area contributed by atoms with E-state index in [0.717, 1.165) is 26.7 Å². The van der Waals surface area contributed by atoms with Crippen molar-refractivity contribution in [1.82, 2.24) is 15.3 Å². The van der Waals surface area contributed by atoms with Crippen LogP contribution in [-0.2, 0) is 11.3 Å². The number of thiophene rings is 1. The minimum Gasteiger partial charge on any atom is -0.351 e. The van der Waals surface area contributed by atoms with Gasteiger partial charge in [-0.3, -0.25) is 19.9 Å². The minimum absolute atomic E-state index is 0.0600. The Kier molecular flexibility index (Phi) is 6.20. The summed E-state index contributed by atoms with van der Waals surface area (Å²) in [4.78, 5) is 35.0. The zero-order valence-corrected chi connectivity index (χ0v) is 18.6. The lowest BCUT2D eigenvalue weighted by Crippen LogP contribution is -2.17. The fourth-order valence-corrected chi connectivity index (χ4v) is 4.69. The molecule has 0 atom stereocenters. The van der Waals surface area contributed by atoms with Crippen LogP contribution in [0.3, 0.4) is 0 Å². The molecule has 6 nitrogen and oxygen atoms in total. The van der Waals surface area contributed by atoms with E-state index in [1.54, 1.807) is 17.4 Å². The van der Waals surface area contributed by atoms with Gasteiger partial charge in [0.1, 0.15) is 0 Å². The maximum atomic E-state index is 12.8. The molecule has 0 saturated carbocycles. The van der Waals surface area contributed by atoms with Crippen LogP contribution in [0.2, 0.25) is 0 Å². The number of rotatable bonds is 6. The lowest BCUT2D eigenvalue weighted by atomic mass is 10.1. The number of amides is 2. The third-order valence-electron chi connectivity index (χ3n) is 4.55. The Balaban J connectivity index is 1.45. The van der Waals surface area contributed by atoms with E-state index in [1.165, 1.54) is 18.3 Å². The van der Waals surface area contributed by atoms with E-state index in [4.69, 9.17) is 0 Å². The van der Waals surface area contributed by atoms with Crippen LogP contribution >= 0.6 is 22.7 Å². The molecule has 0 fully saturated rings. The number of nitrogens with zero attached hydrogens (tertiary/aromatic N) is 2. The third kappa shape index (κ3) is 5.04. The molecule has 0 aliphatic carbocycles. The van der Waals surface area contributed by atoms with Crippen LogP contribution in [0.15, 0.2) is 60.0 Å². The van der Waals surface area contributed by atoms with E-state index < -0.39 is 0 Å². The van der Waals surface area contributed by atoms with Crippen molar-refractivity contribution >= 4 is 39.6 Å². The molecule has 0 aliphatic heterocycles. The molecule has 0 radical (unpaired) electrons. The van der Waals surface area contributed by atoms with Crippen LogP contribution < -0.4 is 10.6 Å². The van der Waals surface area contributed by atoms with Gasteiger partial charge in [-0.25, -0.2) is 4.98 Å². The molecule has 0 bridgehead atoms. The van der Waals surface area contributed by atoms with Crippen molar-refractivity contribution in [2.24, 2.45) is 0 Å². The summed E-state index contributed by atoms with van der Waals surface area (Å²) < 4.78 is 0. The van der Waals surface area contributed by atoms with Gasteiger partial charge in [0.05, 0.1) is 34.1 Å². The molecule has 3 aromatic heterocycles. The fraction of sp³-hybridized carbons (Fsp3) is 0.130. The summed E-state index contributed by atoms with van der Waals surface area (Å²) in [6.07, 6.45) is 0.